The van der Waals surface area contributed by atoms with Crippen molar-refractivity contribution in [1.29, 1.82) is 0 Å². The van der Waals surface area contributed by atoms with Gasteiger partial charge in [0.2, 0.25) is 0 Å². The van der Waals surface area contributed by atoms with Gasteiger partial charge in [0.25, 0.3) is 5.91 Å². The van der Waals surface area contributed by atoms with Crippen molar-refractivity contribution in [2.45, 2.75) is 37.5 Å². The number of halogens is 3. The van der Waals surface area contributed by atoms with Crippen molar-refractivity contribution in [3.8, 4) is 0 Å². The van der Waals surface area contributed by atoms with Crippen LogP contribution in [0.4, 0.5) is 0 Å². The second-order valence-corrected chi connectivity index (χ2v) is 9.47. The molecule has 158 valence electrons. The van der Waals surface area contributed by atoms with Crippen LogP contribution >= 0.6 is 39.1 Å². The molecule has 0 spiro atoms. The number of carbonyl (C=O) groups excluding carboxylic acids is 1. The maximum absolute atomic E-state index is 13.3. The zero-order valence-electron chi connectivity index (χ0n) is 15.9. The largest absolute Gasteiger partial charge is 0.481 e. The minimum absolute atomic E-state index is 0.297. The van der Waals surface area contributed by atoms with Crippen LogP contribution in [-0.2, 0) is 14.3 Å². The zero-order valence-corrected chi connectivity index (χ0v) is 19.0. The van der Waals surface area contributed by atoms with Crippen LogP contribution in [-0.4, -0.2) is 34.5 Å². The molecule has 5 nitrogen and oxygen atoms in total. The van der Waals surface area contributed by atoms with E-state index in [4.69, 9.17) is 27.9 Å². The van der Waals surface area contributed by atoms with Crippen LogP contribution < -0.4 is 0 Å². The van der Waals surface area contributed by atoms with Gasteiger partial charge in [0.1, 0.15) is 12.2 Å². The summed E-state index contributed by atoms with van der Waals surface area (Å²) in [6, 6.07) is 12.3. The number of carboxylic acids is 1. The highest BCUT2D eigenvalue weighted by Crippen LogP contribution is 2.47. The van der Waals surface area contributed by atoms with Gasteiger partial charge in [-0.15, -0.1) is 0 Å². The lowest BCUT2D eigenvalue weighted by atomic mass is 9.91. The molecule has 1 saturated heterocycles. The Labute approximate surface area is 193 Å². The molecular weight excluding hydrogens is 493 g/mol. The van der Waals surface area contributed by atoms with E-state index in [9.17, 15) is 14.7 Å². The molecule has 1 N–H and O–H groups in total. The van der Waals surface area contributed by atoms with Gasteiger partial charge in [-0.2, -0.15) is 0 Å². The van der Waals surface area contributed by atoms with Crippen molar-refractivity contribution in [3.05, 3.63) is 68.1 Å². The summed E-state index contributed by atoms with van der Waals surface area (Å²) >= 11 is 16.0. The van der Waals surface area contributed by atoms with Crippen molar-refractivity contribution < 1.29 is 19.4 Å². The number of hydrogen-bond donors (Lipinski definition) is 1. The lowest BCUT2D eigenvalue weighted by molar-refractivity contribution is -0.179. The zero-order chi connectivity index (χ0) is 21.4. The lowest BCUT2D eigenvalue weighted by Gasteiger charge is -2.45. The first-order chi connectivity index (χ1) is 14.3. The Morgan fingerprint density at radius 1 is 1.17 bits per heavy atom. The Balaban J connectivity index is 1.82. The maximum atomic E-state index is 13.3. The maximum Gasteiger partial charge on any atom is 0.306 e. The molecule has 1 aliphatic carbocycles. The number of carbonyl (C=O) groups is 2. The molecule has 0 unspecified atom stereocenters. The van der Waals surface area contributed by atoms with E-state index in [2.05, 4.69) is 15.9 Å². The third-order valence-corrected chi connectivity index (χ3v) is 6.62. The van der Waals surface area contributed by atoms with Crippen molar-refractivity contribution in [2.75, 3.05) is 6.54 Å². The third-order valence-electron chi connectivity index (χ3n) is 5.46. The molecule has 0 aromatic heterocycles. The van der Waals surface area contributed by atoms with E-state index in [0.29, 0.717) is 22.5 Å². The standard InChI is InChI=1S/C22H20BrCl2NO4/c23-17-9-15(25)6-7-16(17)20-21(13-2-1-3-14(24)8-13)30-18(10-19(27)28)22(29)26(20)11-12-4-5-12/h1-3,6-9,12,18,20-21H,4-5,10-11H2,(H,27,28)/t18-,20-,21-/m1/s1. The molecule has 2 aromatic rings. The van der Waals surface area contributed by atoms with Crippen LogP contribution in [0.5, 0.6) is 0 Å². The van der Waals surface area contributed by atoms with Gasteiger partial charge in [0.15, 0.2) is 0 Å². The number of hydrogen-bond acceptors (Lipinski definition) is 3. The Morgan fingerprint density at radius 2 is 1.90 bits per heavy atom. The molecule has 2 aliphatic rings. The van der Waals surface area contributed by atoms with Gasteiger partial charge >= 0.3 is 5.97 Å². The summed E-state index contributed by atoms with van der Waals surface area (Å²) in [6.07, 6.45) is 0.121. The monoisotopic (exact) mass is 511 g/mol. The summed E-state index contributed by atoms with van der Waals surface area (Å²) in [7, 11) is 0. The second kappa shape index (κ2) is 8.87. The van der Waals surface area contributed by atoms with Gasteiger partial charge in [-0.3, -0.25) is 9.59 Å². The average Bonchev–Trinajstić information content (AvgIpc) is 3.49. The predicted octanol–water partition coefficient (Wildman–Crippen LogP) is 5.65. The van der Waals surface area contributed by atoms with Crippen LogP contribution in [0, 0.1) is 5.92 Å². The topological polar surface area (TPSA) is 66.8 Å². The first kappa shape index (κ1) is 21.6. The Morgan fingerprint density at radius 3 is 2.53 bits per heavy atom. The van der Waals surface area contributed by atoms with Gasteiger partial charge in [0.05, 0.1) is 12.5 Å². The van der Waals surface area contributed by atoms with E-state index in [1.165, 1.54) is 0 Å². The predicted molar refractivity (Wildman–Crippen MR) is 118 cm³/mol. The van der Waals surface area contributed by atoms with E-state index < -0.39 is 24.2 Å². The van der Waals surface area contributed by atoms with Crippen LogP contribution in [0.2, 0.25) is 10.0 Å². The third kappa shape index (κ3) is 4.67. The van der Waals surface area contributed by atoms with Crippen molar-refractivity contribution in [3.63, 3.8) is 0 Å². The smallest absolute Gasteiger partial charge is 0.306 e. The van der Waals surface area contributed by atoms with E-state index in [1.54, 1.807) is 29.2 Å². The van der Waals surface area contributed by atoms with Crippen molar-refractivity contribution in [1.82, 2.24) is 4.90 Å². The molecule has 1 aliphatic heterocycles. The number of amides is 1. The second-order valence-electron chi connectivity index (χ2n) is 7.74. The minimum Gasteiger partial charge on any atom is -0.481 e. The average molecular weight is 513 g/mol. The Bertz CT molecular complexity index is 981. The van der Waals surface area contributed by atoms with E-state index in [0.717, 1.165) is 28.4 Å². The summed E-state index contributed by atoms with van der Waals surface area (Å²) in [5.41, 5.74) is 1.64. The van der Waals surface area contributed by atoms with Gasteiger partial charge in [-0.1, -0.05) is 57.3 Å². The molecule has 30 heavy (non-hydrogen) atoms. The molecule has 0 radical (unpaired) electrons. The summed E-state index contributed by atoms with van der Waals surface area (Å²) in [4.78, 5) is 26.5. The number of benzene rings is 2. The quantitative estimate of drug-likeness (QED) is 0.543. The fourth-order valence-electron chi connectivity index (χ4n) is 3.89. The van der Waals surface area contributed by atoms with Crippen LogP contribution in [0.15, 0.2) is 46.9 Å². The number of carboxylic acid groups (broad SMARTS) is 1. The van der Waals surface area contributed by atoms with Gasteiger partial charge in [0, 0.05) is 21.1 Å². The molecule has 1 saturated carbocycles. The van der Waals surface area contributed by atoms with Crippen LogP contribution in [0.25, 0.3) is 0 Å². The van der Waals surface area contributed by atoms with Crippen molar-refractivity contribution in [2.24, 2.45) is 5.92 Å². The van der Waals surface area contributed by atoms with Crippen LogP contribution in [0.3, 0.4) is 0 Å². The highest BCUT2D eigenvalue weighted by molar-refractivity contribution is 9.10. The first-order valence-corrected chi connectivity index (χ1v) is 11.3. The van der Waals surface area contributed by atoms with Gasteiger partial charge < -0.3 is 14.7 Å². The van der Waals surface area contributed by atoms with E-state index in [1.807, 2.05) is 18.2 Å². The van der Waals surface area contributed by atoms with Crippen molar-refractivity contribution >= 4 is 51.0 Å². The van der Waals surface area contributed by atoms with Crippen LogP contribution in [0.1, 0.15) is 42.5 Å². The highest BCUT2D eigenvalue weighted by Gasteiger charge is 2.46. The molecule has 0 bridgehead atoms. The molecule has 1 heterocycles. The summed E-state index contributed by atoms with van der Waals surface area (Å²) in [5.74, 6) is -0.948. The summed E-state index contributed by atoms with van der Waals surface area (Å²) in [5, 5.41) is 10.4. The number of nitrogens with zero attached hydrogens (tertiary/aromatic N) is 1. The molecule has 8 heteroatoms. The van der Waals surface area contributed by atoms with Gasteiger partial charge in [-0.05, 0) is 54.2 Å². The summed E-state index contributed by atoms with van der Waals surface area (Å²) in [6.45, 7) is 0.565. The lowest BCUT2D eigenvalue weighted by Crippen LogP contribution is -2.52. The number of morpholine rings is 1. The Kier molecular flexibility index (Phi) is 6.39. The number of aliphatic carboxylic acids is 1. The fourth-order valence-corrected chi connectivity index (χ4v) is 5.00. The molecule has 2 aromatic carbocycles. The molecule has 4 rings (SSSR count). The number of rotatable bonds is 6. The normalized spacial score (nSPS) is 24.2. The molecule has 1 amide bonds. The first-order valence-electron chi connectivity index (χ1n) is 9.71. The molecular formula is C22H20BrCl2NO4. The number of ether oxygens (including phenoxy) is 1. The van der Waals surface area contributed by atoms with Gasteiger partial charge in [-0.25, -0.2) is 0 Å². The SMILES string of the molecule is O=C(O)C[C@H]1O[C@H](c2cccc(Cl)c2)[C@@H](c2ccc(Cl)cc2Br)N(CC2CC2)C1=O. The summed E-state index contributed by atoms with van der Waals surface area (Å²) < 4.78 is 6.92. The van der Waals surface area contributed by atoms with E-state index >= 15 is 0 Å². The van der Waals surface area contributed by atoms with E-state index in [-0.39, 0.29) is 12.3 Å². The molecule has 3 atom stereocenters. The highest BCUT2D eigenvalue weighted by atomic mass is 79.9. The minimum atomic E-state index is -1.07. The Hall–Kier alpha value is -1.60. The fraction of sp³-hybridized carbons (Fsp3) is 0.364. The molecule has 2 fully saturated rings.